The predicted octanol–water partition coefficient (Wildman–Crippen LogP) is 1.61. The Morgan fingerprint density at radius 3 is 3.05 bits per heavy atom. The van der Waals surface area contributed by atoms with Crippen LogP contribution in [-0.4, -0.2) is 21.5 Å². The van der Waals surface area contributed by atoms with Crippen LogP contribution in [-0.2, 0) is 11.3 Å². The van der Waals surface area contributed by atoms with Gasteiger partial charge in [0.1, 0.15) is 0 Å². The standard InChI is InChI=1S/C14H18N4O/c1-2-13(15)14(19)17-12-5-3-4-11(8-12)9-18-7-6-16-10-18/h3-8,10,13H,2,9,15H2,1H3,(H,17,19)/t13-/m1/s1. The minimum Gasteiger partial charge on any atom is -0.333 e. The fourth-order valence-corrected chi connectivity index (χ4v) is 1.76. The predicted molar refractivity (Wildman–Crippen MR) is 74.7 cm³/mol. The zero-order chi connectivity index (χ0) is 13.7. The number of rotatable bonds is 5. The van der Waals surface area contributed by atoms with Gasteiger partial charge in [-0.1, -0.05) is 19.1 Å². The highest BCUT2D eigenvalue weighted by Gasteiger charge is 2.10. The van der Waals surface area contributed by atoms with E-state index in [0.717, 1.165) is 17.8 Å². The molecule has 0 bridgehead atoms. The van der Waals surface area contributed by atoms with Gasteiger partial charge < -0.3 is 15.6 Å². The summed E-state index contributed by atoms with van der Waals surface area (Å²) in [5.74, 6) is -0.151. The Morgan fingerprint density at radius 1 is 1.53 bits per heavy atom. The Labute approximate surface area is 112 Å². The quantitative estimate of drug-likeness (QED) is 0.855. The first-order valence-corrected chi connectivity index (χ1v) is 6.30. The normalized spacial score (nSPS) is 12.1. The summed E-state index contributed by atoms with van der Waals surface area (Å²) in [6.07, 6.45) is 6.03. The molecular formula is C14H18N4O. The van der Waals surface area contributed by atoms with Crippen molar-refractivity contribution in [3.05, 3.63) is 48.5 Å². The molecule has 1 aromatic heterocycles. The maximum absolute atomic E-state index is 11.7. The molecule has 0 saturated heterocycles. The highest BCUT2D eigenvalue weighted by atomic mass is 16.2. The van der Waals surface area contributed by atoms with Crippen molar-refractivity contribution >= 4 is 11.6 Å². The molecule has 0 radical (unpaired) electrons. The molecule has 5 heteroatoms. The molecule has 2 rings (SSSR count). The average molecular weight is 258 g/mol. The van der Waals surface area contributed by atoms with Crippen LogP contribution in [0.4, 0.5) is 5.69 Å². The number of carbonyl (C=O) groups excluding carboxylic acids is 1. The number of anilines is 1. The van der Waals surface area contributed by atoms with Gasteiger partial charge in [0.25, 0.3) is 0 Å². The fraction of sp³-hybridized carbons (Fsp3) is 0.286. The Bertz CT molecular complexity index is 536. The van der Waals surface area contributed by atoms with Crippen LogP contribution in [0.3, 0.4) is 0 Å². The lowest BCUT2D eigenvalue weighted by molar-refractivity contribution is -0.117. The highest BCUT2D eigenvalue weighted by molar-refractivity contribution is 5.94. The van der Waals surface area contributed by atoms with Crippen LogP contribution in [0.1, 0.15) is 18.9 Å². The largest absolute Gasteiger partial charge is 0.333 e. The summed E-state index contributed by atoms with van der Waals surface area (Å²) in [4.78, 5) is 15.7. The van der Waals surface area contributed by atoms with E-state index in [2.05, 4.69) is 10.3 Å². The number of hydrogen-bond donors (Lipinski definition) is 2. The second-order valence-corrected chi connectivity index (χ2v) is 4.44. The molecule has 1 aromatic carbocycles. The smallest absolute Gasteiger partial charge is 0.241 e. The number of nitrogens with zero attached hydrogens (tertiary/aromatic N) is 2. The zero-order valence-corrected chi connectivity index (χ0v) is 10.9. The summed E-state index contributed by atoms with van der Waals surface area (Å²) < 4.78 is 1.97. The monoisotopic (exact) mass is 258 g/mol. The Balaban J connectivity index is 2.05. The molecule has 5 nitrogen and oxygen atoms in total. The van der Waals surface area contributed by atoms with Gasteiger partial charge in [-0.05, 0) is 24.1 Å². The van der Waals surface area contributed by atoms with Crippen LogP contribution in [0, 0.1) is 0 Å². The van der Waals surface area contributed by atoms with E-state index in [-0.39, 0.29) is 5.91 Å². The molecular weight excluding hydrogens is 240 g/mol. The third kappa shape index (κ3) is 3.66. The van der Waals surface area contributed by atoms with Crippen LogP contribution >= 0.6 is 0 Å². The van der Waals surface area contributed by atoms with E-state index in [1.54, 1.807) is 12.5 Å². The third-order valence-corrected chi connectivity index (χ3v) is 2.90. The molecule has 100 valence electrons. The lowest BCUT2D eigenvalue weighted by Crippen LogP contribution is -2.34. The van der Waals surface area contributed by atoms with Gasteiger partial charge in [-0.2, -0.15) is 0 Å². The van der Waals surface area contributed by atoms with Crippen molar-refractivity contribution in [3.8, 4) is 0 Å². The molecule has 2 aromatic rings. The molecule has 0 aliphatic rings. The lowest BCUT2D eigenvalue weighted by atomic mass is 10.2. The van der Waals surface area contributed by atoms with Crippen molar-refractivity contribution < 1.29 is 4.79 Å². The zero-order valence-electron chi connectivity index (χ0n) is 10.9. The van der Waals surface area contributed by atoms with Crippen LogP contribution < -0.4 is 11.1 Å². The maximum atomic E-state index is 11.7. The van der Waals surface area contributed by atoms with E-state index in [1.807, 2.05) is 42.0 Å². The second kappa shape index (κ2) is 6.15. The molecule has 1 atom stereocenters. The van der Waals surface area contributed by atoms with Gasteiger partial charge in [0.05, 0.1) is 12.4 Å². The summed E-state index contributed by atoms with van der Waals surface area (Å²) in [5, 5.41) is 2.82. The van der Waals surface area contributed by atoms with Gasteiger partial charge in [0, 0.05) is 24.6 Å². The average Bonchev–Trinajstić information content (AvgIpc) is 2.91. The molecule has 0 saturated carbocycles. The van der Waals surface area contributed by atoms with Gasteiger partial charge in [0.2, 0.25) is 5.91 Å². The Hall–Kier alpha value is -2.14. The third-order valence-electron chi connectivity index (χ3n) is 2.90. The summed E-state index contributed by atoms with van der Waals surface area (Å²) in [6, 6.07) is 7.27. The lowest BCUT2D eigenvalue weighted by Gasteiger charge is -2.11. The first-order chi connectivity index (χ1) is 9.19. The molecule has 0 aliphatic carbocycles. The highest BCUT2D eigenvalue weighted by Crippen LogP contribution is 2.12. The topological polar surface area (TPSA) is 72.9 Å². The number of imidazole rings is 1. The number of hydrogen-bond acceptors (Lipinski definition) is 3. The number of nitrogens with two attached hydrogens (primary N) is 1. The van der Waals surface area contributed by atoms with Gasteiger partial charge >= 0.3 is 0 Å². The minimum atomic E-state index is -0.461. The summed E-state index contributed by atoms with van der Waals surface area (Å²) in [7, 11) is 0. The van der Waals surface area contributed by atoms with E-state index < -0.39 is 6.04 Å². The minimum absolute atomic E-state index is 0.151. The van der Waals surface area contributed by atoms with Gasteiger partial charge in [0.15, 0.2) is 0 Å². The second-order valence-electron chi connectivity index (χ2n) is 4.44. The van der Waals surface area contributed by atoms with Crippen molar-refractivity contribution in [2.45, 2.75) is 25.9 Å². The number of aromatic nitrogens is 2. The molecule has 0 spiro atoms. The molecule has 1 heterocycles. The molecule has 0 unspecified atom stereocenters. The van der Waals surface area contributed by atoms with Crippen LogP contribution in [0.5, 0.6) is 0 Å². The van der Waals surface area contributed by atoms with E-state index in [4.69, 9.17) is 5.73 Å². The van der Waals surface area contributed by atoms with E-state index in [1.165, 1.54) is 0 Å². The number of benzene rings is 1. The van der Waals surface area contributed by atoms with E-state index >= 15 is 0 Å². The van der Waals surface area contributed by atoms with Crippen LogP contribution in [0.25, 0.3) is 0 Å². The van der Waals surface area contributed by atoms with Crippen molar-refractivity contribution in [2.75, 3.05) is 5.32 Å². The number of nitrogens with one attached hydrogen (secondary N) is 1. The van der Waals surface area contributed by atoms with Crippen molar-refractivity contribution in [1.29, 1.82) is 0 Å². The van der Waals surface area contributed by atoms with E-state index in [0.29, 0.717) is 6.42 Å². The van der Waals surface area contributed by atoms with Gasteiger partial charge in [-0.15, -0.1) is 0 Å². The first kappa shape index (κ1) is 13.3. The molecule has 0 fully saturated rings. The first-order valence-electron chi connectivity index (χ1n) is 6.30. The number of amides is 1. The molecule has 1 amide bonds. The Kier molecular flexibility index (Phi) is 4.30. The molecule has 19 heavy (non-hydrogen) atoms. The van der Waals surface area contributed by atoms with Gasteiger partial charge in [-0.3, -0.25) is 4.79 Å². The molecule has 3 N–H and O–H groups in total. The summed E-state index contributed by atoms with van der Waals surface area (Å²) in [6.45, 7) is 2.61. The van der Waals surface area contributed by atoms with Crippen LogP contribution in [0.2, 0.25) is 0 Å². The molecule has 0 aliphatic heterocycles. The SMILES string of the molecule is CC[C@@H](N)C(=O)Nc1cccc(Cn2ccnc2)c1. The van der Waals surface area contributed by atoms with Crippen LogP contribution in [0.15, 0.2) is 43.0 Å². The number of carbonyl (C=O) groups is 1. The maximum Gasteiger partial charge on any atom is 0.241 e. The van der Waals surface area contributed by atoms with E-state index in [9.17, 15) is 4.79 Å². The van der Waals surface area contributed by atoms with Crippen molar-refractivity contribution in [2.24, 2.45) is 5.73 Å². The Morgan fingerprint density at radius 2 is 2.37 bits per heavy atom. The fourth-order valence-electron chi connectivity index (χ4n) is 1.76. The summed E-state index contributed by atoms with van der Waals surface area (Å²) >= 11 is 0. The van der Waals surface area contributed by atoms with Crippen molar-refractivity contribution in [1.82, 2.24) is 9.55 Å². The van der Waals surface area contributed by atoms with Crippen molar-refractivity contribution in [3.63, 3.8) is 0 Å². The summed E-state index contributed by atoms with van der Waals surface area (Å²) in [5.41, 5.74) is 7.56. The van der Waals surface area contributed by atoms with Gasteiger partial charge in [-0.25, -0.2) is 4.98 Å².